The minimum Gasteiger partial charge on any atom is -0.394 e. The van der Waals surface area contributed by atoms with E-state index < -0.39 is 5.54 Å². The highest BCUT2D eigenvalue weighted by Crippen LogP contribution is 2.40. The van der Waals surface area contributed by atoms with Crippen molar-refractivity contribution in [1.82, 2.24) is 10.6 Å². The highest BCUT2D eigenvalue weighted by atomic mass is 16.5. The second-order valence-corrected chi connectivity index (χ2v) is 7.11. The van der Waals surface area contributed by atoms with Crippen molar-refractivity contribution in [3.8, 4) is 0 Å². The van der Waals surface area contributed by atoms with E-state index in [1.54, 1.807) is 0 Å². The molecule has 0 atom stereocenters. The lowest BCUT2D eigenvalue weighted by Crippen LogP contribution is -2.54. The van der Waals surface area contributed by atoms with E-state index >= 15 is 0 Å². The summed E-state index contributed by atoms with van der Waals surface area (Å²) in [4.78, 5) is 12.2. The van der Waals surface area contributed by atoms with Crippen LogP contribution in [0.5, 0.6) is 0 Å². The molecule has 5 nitrogen and oxygen atoms in total. The zero-order valence-corrected chi connectivity index (χ0v) is 14.0. The summed E-state index contributed by atoms with van der Waals surface area (Å²) in [5.74, 6) is 0. The van der Waals surface area contributed by atoms with Gasteiger partial charge in [0.25, 0.3) is 0 Å². The molecule has 5 heteroatoms. The average Bonchev–Trinajstić information content (AvgIpc) is 3.16. The monoisotopic (exact) mass is 312 g/mol. The van der Waals surface area contributed by atoms with E-state index in [1.165, 1.54) is 25.7 Å². The number of carbonyl (C=O) groups excluding carboxylic acids is 1. The fraction of sp³-hybridized carbons (Fsp3) is 0.941. The molecule has 2 rings (SSSR count). The van der Waals surface area contributed by atoms with E-state index in [4.69, 9.17) is 4.74 Å². The number of hydrogen-bond acceptors (Lipinski definition) is 3. The van der Waals surface area contributed by atoms with Gasteiger partial charge in [0.1, 0.15) is 0 Å². The van der Waals surface area contributed by atoms with Crippen molar-refractivity contribution in [3.63, 3.8) is 0 Å². The highest BCUT2D eigenvalue weighted by molar-refractivity contribution is 5.75. The molecular formula is C17H32N2O3. The first-order chi connectivity index (χ1) is 10.6. The number of urea groups is 1. The molecule has 0 spiro atoms. The normalized spacial score (nSPS) is 22.6. The molecule has 3 N–H and O–H groups in total. The first kappa shape index (κ1) is 17.5. The summed E-state index contributed by atoms with van der Waals surface area (Å²) in [6, 6.07) is -0.126. The van der Waals surface area contributed by atoms with Gasteiger partial charge in [-0.15, -0.1) is 0 Å². The first-order valence-electron chi connectivity index (χ1n) is 8.88. The molecule has 128 valence electrons. The molecule has 0 heterocycles. The number of nitrogens with one attached hydrogen (secondary N) is 2. The van der Waals surface area contributed by atoms with Gasteiger partial charge in [0.05, 0.1) is 12.1 Å². The van der Waals surface area contributed by atoms with Crippen molar-refractivity contribution in [2.75, 3.05) is 26.4 Å². The lowest BCUT2D eigenvalue weighted by atomic mass is 9.83. The summed E-state index contributed by atoms with van der Waals surface area (Å²) in [6.07, 6.45) is 9.78. The molecular weight excluding hydrogens is 280 g/mol. The Hall–Kier alpha value is -0.810. The van der Waals surface area contributed by atoms with E-state index in [0.29, 0.717) is 6.54 Å². The van der Waals surface area contributed by atoms with Crippen LogP contribution in [0.3, 0.4) is 0 Å². The third-order valence-corrected chi connectivity index (χ3v) is 5.51. The van der Waals surface area contributed by atoms with Gasteiger partial charge in [-0.1, -0.05) is 25.7 Å². The van der Waals surface area contributed by atoms with Crippen molar-refractivity contribution in [1.29, 1.82) is 0 Å². The van der Waals surface area contributed by atoms with Crippen LogP contribution in [-0.4, -0.2) is 43.0 Å². The Morgan fingerprint density at radius 1 is 1.14 bits per heavy atom. The Bertz CT molecular complexity index is 348. The molecule has 2 aliphatic carbocycles. The van der Waals surface area contributed by atoms with Crippen molar-refractivity contribution in [2.24, 2.45) is 5.41 Å². The second-order valence-electron chi connectivity index (χ2n) is 7.11. The molecule has 0 aromatic carbocycles. The summed E-state index contributed by atoms with van der Waals surface area (Å²) in [7, 11) is 0. The zero-order valence-electron chi connectivity index (χ0n) is 14.0. The summed E-state index contributed by atoms with van der Waals surface area (Å²) in [5.41, 5.74) is -0.188. The molecule has 22 heavy (non-hydrogen) atoms. The molecule has 0 bridgehead atoms. The van der Waals surface area contributed by atoms with E-state index in [0.717, 1.165) is 45.3 Å². The summed E-state index contributed by atoms with van der Waals surface area (Å²) >= 11 is 0. The molecule has 0 unspecified atom stereocenters. The number of aliphatic hydroxyl groups is 1. The number of amides is 2. The minimum atomic E-state index is -0.391. The molecule has 0 aromatic rings. The summed E-state index contributed by atoms with van der Waals surface area (Å²) in [6.45, 7) is 4.30. The van der Waals surface area contributed by atoms with Gasteiger partial charge in [0.2, 0.25) is 0 Å². The quantitative estimate of drug-likeness (QED) is 0.603. The van der Waals surface area contributed by atoms with Gasteiger partial charge in [-0.25, -0.2) is 4.79 Å². The van der Waals surface area contributed by atoms with Crippen LogP contribution in [0.2, 0.25) is 0 Å². The Kier molecular flexibility index (Phi) is 6.50. The second kappa shape index (κ2) is 8.16. The maximum absolute atomic E-state index is 12.2. The lowest BCUT2D eigenvalue weighted by Gasteiger charge is -2.32. The van der Waals surface area contributed by atoms with Gasteiger partial charge >= 0.3 is 6.03 Å². The molecule has 2 fully saturated rings. The minimum absolute atomic E-state index is 0.0376. The number of ether oxygens (including phenoxy) is 1. The first-order valence-corrected chi connectivity index (χ1v) is 8.88. The molecule has 0 aliphatic heterocycles. The van der Waals surface area contributed by atoms with Gasteiger partial charge in [0.15, 0.2) is 0 Å². The largest absolute Gasteiger partial charge is 0.394 e. The van der Waals surface area contributed by atoms with Crippen molar-refractivity contribution < 1.29 is 14.6 Å². The Morgan fingerprint density at radius 2 is 1.77 bits per heavy atom. The van der Waals surface area contributed by atoms with Crippen LogP contribution in [0, 0.1) is 5.41 Å². The molecule has 2 amide bonds. The standard InChI is InChI=1S/C17H32N2O3/c1-2-22-12-11-16(7-3-4-8-16)13-18-15(21)19-17(14-20)9-5-6-10-17/h20H,2-14H2,1H3,(H2,18,19,21). The van der Waals surface area contributed by atoms with Crippen LogP contribution in [-0.2, 0) is 4.74 Å². The number of hydrogen-bond donors (Lipinski definition) is 3. The fourth-order valence-corrected chi connectivity index (χ4v) is 4.00. The van der Waals surface area contributed by atoms with Crippen LogP contribution >= 0.6 is 0 Å². The van der Waals surface area contributed by atoms with Crippen molar-refractivity contribution in [3.05, 3.63) is 0 Å². The SMILES string of the molecule is CCOCCC1(CNC(=O)NC2(CO)CCCC2)CCCC1. The number of rotatable bonds is 8. The van der Waals surface area contributed by atoms with Crippen molar-refractivity contribution >= 4 is 6.03 Å². The van der Waals surface area contributed by atoms with Gasteiger partial charge in [-0.2, -0.15) is 0 Å². The smallest absolute Gasteiger partial charge is 0.315 e. The summed E-state index contributed by atoms with van der Waals surface area (Å²) in [5, 5.41) is 15.7. The van der Waals surface area contributed by atoms with E-state index in [-0.39, 0.29) is 18.1 Å². The fourth-order valence-electron chi connectivity index (χ4n) is 4.00. The predicted octanol–water partition coefficient (Wildman–Crippen LogP) is 2.58. The third kappa shape index (κ3) is 4.59. The van der Waals surface area contributed by atoms with Crippen LogP contribution in [0.15, 0.2) is 0 Å². The van der Waals surface area contributed by atoms with Crippen molar-refractivity contribution in [2.45, 2.75) is 70.3 Å². The topological polar surface area (TPSA) is 70.6 Å². The zero-order chi connectivity index (χ0) is 15.9. The lowest BCUT2D eigenvalue weighted by molar-refractivity contribution is 0.103. The van der Waals surface area contributed by atoms with E-state index in [2.05, 4.69) is 10.6 Å². The third-order valence-electron chi connectivity index (χ3n) is 5.51. The van der Waals surface area contributed by atoms with Crippen LogP contribution in [0.4, 0.5) is 4.79 Å². The average molecular weight is 312 g/mol. The van der Waals surface area contributed by atoms with Gasteiger partial charge < -0.3 is 20.5 Å². The molecule has 2 saturated carbocycles. The van der Waals surface area contributed by atoms with Gasteiger partial charge in [-0.05, 0) is 44.4 Å². The summed E-state index contributed by atoms with van der Waals surface area (Å²) < 4.78 is 5.51. The van der Waals surface area contributed by atoms with Gasteiger partial charge in [-0.3, -0.25) is 0 Å². The molecule has 0 radical (unpaired) electrons. The van der Waals surface area contributed by atoms with Crippen LogP contribution < -0.4 is 10.6 Å². The number of aliphatic hydroxyl groups excluding tert-OH is 1. The van der Waals surface area contributed by atoms with E-state index in [9.17, 15) is 9.90 Å². The Balaban J connectivity index is 1.80. The highest BCUT2D eigenvalue weighted by Gasteiger charge is 2.37. The van der Waals surface area contributed by atoms with E-state index in [1.807, 2.05) is 6.92 Å². The van der Waals surface area contributed by atoms with Crippen LogP contribution in [0.1, 0.15) is 64.7 Å². The Labute approximate surface area is 134 Å². The maximum Gasteiger partial charge on any atom is 0.315 e. The molecule has 2 aliphatic rings. The van der Waals surface area contributed by atoms with Gasteiger partial charge in [0, 0.05) is 19.8 Å². The molecule has 0 aromatic heterocycles. The predicted molar refractivity (Wildman–Crippen MR) is 86.8 cm³/mol. The van der Waals surface area contributed by atoms with Crippen LogP contribution in [0.25, 0.3) is 0 Å². The molecule has 0 saturated heterocycles. The Morgan fingerprint density at radius 3 is 2.36 bits per heavy atom. The number of carbonyl (C=O) groups is 1. The maximum atomic E-state index is 12.2.